The van der Waals surface area contributed by atoms with E-state index in [0.29, 0.717) is 12.1 Å². The number of fused-ring (bicyclic) bond motifs is 2. The second-order valence-electron chi connectivity index (χ2n) is 10.4. The second kappa shape index (κ2) is 9.82. The number of anilines is 1. The molecule has 1 aromatic carbocycles. The Morgan fingerprint density at radius 2 is 1.73 bits per heavy atom. The highest BCUT2D eigenvalue weighted by Crippen LogP contribution is 2.62. The number of carbonyl (C=O) groups excluding carboxylic acids is 3. The molecule has 3 aliphatic rings. The van der Waals surface area contributed by atoms with Crippen LogP contribution in [-0.2, 0) is 14.4 Å². The van der Waals surface area contributed by atoms with Gasteiger partial charge in [0.05, 0.1) is 17.5 Å². The van der Waals surface area contributed by atoms with Crippen LogP contribution in [0.5, 0.6) is 0 Å². The smallest absolute Gasteiger partial charge is 0.238 e. The minimum atomic E-state index is -0.338. The maximum Gasteiger partial charge on any atom is 0.238 e. The lowest BCUT2D eigenvalue weighted by molar-refractivity contribution is -0.132. The zero-order chi connectivity index (χ0) is 23.6. The first-order chi connectivity index (χ1) is 15.9. The maximum atomic E-state index is 13.9. The van der Waals surface area contributed by atoms with Crippen molar-refractivity contribution in [1.29, 1.82) is 0 Å². The summed E-state index contributed by atoms with van der Waals surface area (Å²) in [7, 11) is 3.57. The summed E-state index contributed by atoms with van der Waals surface area (Å²) >= 11 is 0. The zero-order valence-corrected chi connectivity index (χ0v) is 20.4. The van der Waals surface area contributed by atoms with Crippen LogP contribution in [0.1, 0.15) is 71.1 Å². The summed E-state index contributed by atoms with van der Waals surface area (Å²) < 4.78 is 0. The fraction of sp³-hybridized carbons (Fsp3) is 0.607. The first-order valence-electron chi connectivity index (χ1n) is 12.7. The first-order valence-corrected chi connectivity index (χ1v) is 12.7. The van der Waals surface area contributed by atoms with E-state index in [-0.39, 0.29) is 40.9 Å². The van der Waals surface area contributed by atoms with Crippen molar-refractivity contribution in [2.75, 3.05) is 19.0 Å². The molecule has 1 heterocycles. The Morgan fingerprint density at radius 1 is 1.03 bits per heavy atom. The van der Waals surface area contributed by atoms with Crippen LogP contribution in [0.25, 0.3) is 0 Å². The molecule has 0 radical (unpaired) electrons. The third-order valence-electron chi connectivity index (χ3n) is 8.20. The molecule has 1 aromatic rings. The number of allylic oxidation sites excluding steroid dienone is 1. The fourth-order valence-corrected chi connectivity index (χ4v) is 6.25. The van der Waals surface area contributed by atoms with Crippen molar-refractivity contribution < 1.29 is 14.4 Å². The number of carbonyl (C=O) groups is 3. The molecular weight excluding hydrogens is 412 g/mol. The van der Waals surface area contributed by atoms with Gasteiger partial charge in [0.15, 0.2) is 0 Å². The fourth-order valence-electron chi connectivity index (χ4n) is 6.25. The molecule has 5 heteroatoms. The molecule has 178 valence electrons. The summed E-state index contributed by atoms with van der Waals surface area (Å²) in [5.74, 6) is -0.649. The minimum absolute atomic E-state index is 0.0259. The van der Waals surface area contributed by atoms with E-state index in [1.165, 1.54) is 24.2 Å². The lowest BCUT2D eigenvalue weighted by Gasteiger charge is -2.52. The van der Waals surface area contributed by atoms with Crippen LogP contribution in [0.3, 0.4) is 0 Å². The van der Waals surface area contributed by atoms with E-state index in [1.807, 2.05) is 30.3 Å². The van der Waals surface area contributed by atoms with Gasteiger partial charge < -0.3 is 4.90 Å². The van der Waals surface area contributed by atoms with E-state index in [2.05, 4.69) is 13.0 Å². The van der Waals surface area contributed by atoms with Gasteiger partial charge in [-0.05, 0) is 37.3 Å². The lowest BCUT2D eigenvalue weighted by Crippen LogP contribution is -2.50. The van der Waals surface area contributed by atoms with Crippen LogP contribution < -0.4 is 4.90 Å². The summed E-state index contributed by atoms with van der Waals surface area (Å²) in [6, 6.07) is 9.36. The van der Waals surface area contributed by atoms with Gasteiger partial charge in [-0.25, -0.2) is 0 Å². The van der Waals surface area contributed by atoms with Crippen molar-refractivity contribution in [2.24, 2.45) is 23.2 Å². The average molecular weight is 451 g/mol. The van der Waals surface area contributed by atoms with Crippen molar-refractivity contribution in [3.63, 3.8) is 0 Å². The molecule has 0 unspecified atom stereocenters. The second-order valence-corrected chi connectivity index (χ2v) is 10.4. The summed E-state index contributed by atoms with van der Waals surface area (Å²) in [6.45, 7) is 2.21. The van der Waals surface area contributed by atoms with Crippen LogP contribution in [0.15, 0.2) is 42.0 Å². The molecule has 2 aliphatic carbocycles. The third kappa shape index (κ3) is 4.27. The SMILES string of the molecule is CCCCCCC[C@H]1C=C(CC(=O)N(C)C)C2(CCC2)[C@@H]2C(=O)N(c3ccccc3)C(=O)[C@H]12. The number of amides is 3. The number of unbranched alkanes of at least 4 members (excludes halogenated alkanes) is 4. The molecule has 3 atom stereocenters. The quantitative estimate of drug-likeness (QED) is 0.289. The van der Waals surface area contributed by atoms with Gasteiger partial charge in [0.25, 0.3) is 0 Å². The Kier molecular flexibility index (Phi) is 7.06. The summed E-state index contributed by atoms with van der Waals surface area (Å²) in [6.07, 6.45) is 12.2. The number of imide groups is 1. The molecular formula is C28H38N2O3. The summed E-state index contributed by atoms with van der Waals surface area (Å²) in [5, 5.41) is 0. The van der Waals surface area contributed by atoms with Crippen molar-refractivity contribution in [2.45, 2.75) is 71.1 Å². The van der Waals surface area contributed by atoms with Gasteiger partial charge in [-0.2, -0.15) is 0 Å². The first kappa shape index (κ1) is 23.7. The predicted molar refractivity (Wildman–Crippen MR) is 130 cm³/mol. The molecule has 0 bridgehead atoms. The van der Waals surface area contributed by atoms with Crippen molar-refractivity contribution in [1.82, 2.24) is 4.90 Å². The van der Waals surface area contributed by atoms with Gasteiger partial charge in [-0.3, -0.25) is 19.3 Å². The van der Waals surface area contributed by atoms with E-state index >= 15 is 0 Å². The van der Waals surface area contributed by atoms with Gasteiger partial charge in [-0.1, -0.05) is 75.3 Å². The van der Waals surface area contributed by atoms with Crippen molar-refractivity contribution >= 4 is 23.4 Å². The number of para-hydroxylation sites is 1. The Balaban J connectivity index is 1.68. The molecule has 1 saturated heterocycles. The van der Waals surface area contributed by atoms with E-state index in [9.17, 15) is 14.4 Å². The molecule has 0 N–H and O–H groups in total. The minimum Gasteiger partial charge on any atom is -0.349 e. The third-order valence-corrected chi connectivity index (χ3v) is 8.20. The van der Waals surface area contributed by atoms with Crippen LogP contribution in [0.4, 0.5) is 5.69 Å². The van der Waals surface area contributed by atoms with E-state index in [4.69, 9.17) is 0 Å². The topological polar surface area (TPSA) is 57.7 Å². The van der Waals surface area contributed by atoms with E-state index in [0.717, 1.165) is 44.1 Å². The van der Waals surface area contributed by atoms with Gasteiger partial charge in [-0.15, -0.1) is 0 Å². The Morgan fingerprint density at radius 3 is 2.33 bits per heavy atom. The van der Waals surface area contributed by atoms with Crippen LogP contribution in [0.2, 0.25) is 0 Å². The molecule has 0 aromatic heterocycles. The normalized spacial score (nSPS) is 25.6. The Bertz CT molecular complexity index is 916. The van der Waals surface area contributed by atoms with Gasteiger partial charge in [0, 0.05) is 25.9 Å². The van der Waals surface area contributed by atoms with Crippen LogP contribution in [-0.4, -0.2) is 36.7 Å². The maximum absolute atomic E-state index is 13.9. The molecule has 3 amide bonds. The standard InChI is InChI=1S/C28H38N2O3/c1-4-5-6-7-9-13-20-18-21(19-23(31)29(2)3)28(16-12-17-28)25-24(20)26(32)30(27(25)33)22-14-10-8-11-15-22/h8,10-11,14-15,18,20,24-25H,4-7,9,12-13,16-17,19H2,1-3H3/t20-,24+,25-/m0/s1. The highest BCUT2D eigenvalue weighted by atomic mass is 16.2. The average Bonchev–Trinajstić information content (AvgIpc) is 3.03. The summed E-state index contributed by atoms with van der Waals surface area (Å²) in [5.41, 5.74) is 1.46. The Labute approximate surface area is 198 Å². The Hall–Kier alpha value is -2.43. The molecule has 5 nitrogen and oxygen atoms in total. The van der Waals surface area contributed by atoms with Crippen molar-refractivity contribution in [3.05, 3.63) is 42.0 Å². The molecule has 2 fully saturated rings. The molecule has 1 spiro atoms. The summed E-state index contributed by atoms with van der Waals surface area (Å²) in [4.78, 5) is 43.4. The molecule has 1 saturated carbocycles. The van der Waals surface area contributed by atoms with Crippen molar-refractivity contribution in [3.8, 4) is 0 Å². The highest BCUT2D eigenvalue weighted by Gasteiger charge is 2.64. The molecule has 4 rings (SSSR count). The monoisotopic (exact) mass is 450 g/mol. The number of hydrogen-bond donors (Lipinski definition) is 0. The van der Waals surface area contributed by atoms with Crippen LogP contribution >= 0.6 is 0 Å². The van der Waals surface area contributed by atoms with Gasteiger partial charge in [0.2, 0.25) is 17.7 Å². The van der Waals surface area contributed by atoms with E-state index in [1.54, 1.807) is 19.0 Å². The van der Waals surface area contributed by atoms with Crippen LogP contribution in [0, 0.1) is 23.2 Å². The molecule has 33 heavy (non-hydrogen) atoms. The van der Waals surface area contributed by atoms with Gasteiger partial charge >= 0.3 is 0 Å². The van der Waals surface area contributed by atoms with Gasteiger partial charge in [0.1, 0.15) is 0 Å². The largest absolute Gasteiger partial charge is 0.349 e. The number of hydrogen-bond acceptors (Lipinski definition) is 3. The highest BCUT2D eigenvalue weighted by molar-refractivity contribution is 6.22. The lowest BCUT2D eigenvalue weighted by atomic mass is 9.49. The number of benzene rings is 1. The number of nitrogens with zero attached hydrogens (tertiary/aromatic N) is 2. The predicted octanol–water partition coefficient (Wildman–Crippen LogP) is 5.36. The van der Waals surface area contributed by atoms with E-state index < -0.39 is 0 Å². The number of rotatable bonds is 9. The zero-order valence-electron chi connectivity index (χ0n) is 20.4. The molecule has 1 aliphatic heterocycles.